The van der Waals surface area contributed by atoms with Gasteiger partial charge in [-0.15, -0.1) is 11.3 Å². The molecule has 0 fully saturated rings. The fourth-order valence-electron chi connectivity index (χ4n) is 1.67. The van der Waals surface area contributed by atoms with Crippen LogP contribution in [0, 0.1) is 0 Å². The Kier molecular flexibility index (Phi) is 5.85. The van der Waals surface area contributed by atoms with Crippen molar-refractivity contribution < 1.29 is 12.9 Å². The fourth-order valence-corrected chi connectivity index (χ4v) is 3.95. The first kappa shape index (κ1) is 16.1. The Morgan fingerprint density at radius 2 is 2.24 bits per heavy atom. The molecule has 0 aromatic carbocycles. The van der Waals surface area contributed by atoms with Crippen molar-refractivity contribution in [3.05, 3.63) is 29.2 Å². The molecular formula is C12H18N4O3S2. The number of nitrogens with zero attached hydrogens (tertiary/aromatic N) is 2. The first-order chi connectivity index (χ1) is 10.1. The van der Waals surface area contributed by atoms with Gasteiger partial charge in [-0.3, -0.25) is 0 Å². The Balaban J connectivity index is 1.86. The summed E-state index contributed by atoms with van der Waals surface area (Å²) in [4.78, 5) is 3.84. The van der Waals surface area contributed by atoms with Crippen LogP contribution in [0.5, 0.6) is 0 Å². The molecular weight excluding hydrogens is 312 g/mol. The Bertz CT molecular complexity index is 637. The molecule has 116 valence electrons. The number of thiophene rings is 1. The zero-order valence-corrected chi connectivity index (χ0v) is 13.3. The van der Waals surface area contributed by atoms with Gasteiger partial charge in [-0.1, -0.05) is 12.1 Å². The molecule has 0 radical (unpaired) electrons. The number of hydrogen-bond donors (Lipinski definition) is 2. The smallest absolute Gasteiger partial charge is 0.250 e. The quantitative estimate of drug-likeness (QED) is 0.670. The van der Waals surface area contributed by atoms with Crippen molar-refractivity contribution in [1.82, 2.24) is 20.2 Å². The summed E-state index contributed by atoms with van der Waals surface area (Å²) < 4.78 is 31.7. The van der Waals surface area contributed by atoms with Gasteiger partial charge in [0.15, 0.2) is 5.82 Å². The van der Waals surface area contributed by atoms with Gasteiger partial charge in [0, 0.05) is 19.5 Å². The van der Waals surface area contributed by atoms with Crippen molar-refractivity contribution in [2.45, 2.75) is 30.5 Å². The lowest BCUT2D eigenvalue weighted by molar-refractivity contribution is 0.410. The van der Waals surface area contributed by atoms with Crippen molar-refractivity contribution in [2.75, 3.05) is 13.1 Å². The highest BCUT2D eigenvalue weighted by Crippen LogP contribution is 2.19. The summed E-state index contributed by atoms with van der Waals surface area (Å²) in [5.74, 6) is 0.480. The molecule has 0 amide bonds. The SMILES string of the molecule is CCCNCc1csc(S(=O)(=O)NCCc2ncon2)c1. The van der Waals surface area contributed by atoms with Crippen LogP contribution in [-0.2, 0) is 23.0 Å². The van der Waals surface area contributed by atoms with E-state index in [0.29, 0.717) is 23.0 Å². The molecule has 0 saturated heterocycles. The zero-order chi connectivity index (χ0) is 15.1. The van der Waals surface area contributed by atoms with Crippen LogP contribution in [0.3, 0.4) is 0 Å². The third kappa shape index (κ3) is 4.88. The van der Waals surface area contributed by atoms with Gasteiger partial charge < -0.3 is 9.84 Å². The lowest BCUT2D eigenvalue weighted by atomic mass is 10.3. The van der Waals surface area contributed by atoms with E-state index in [1.807, 2.05) is 5.38 Å². The van der Waals surface area contributed by atoms with Crippen LogP contribution in [0.1, 0.15) is 24.7 Å². The van der Waals surface area contributed by atoms with Crippen LogP contribution in [0.25, 0.3) is 0 Å². The van der Waals surface area contributed by atoms with Gasteiger partial charge in [-0.25, -0.2) is 13.1 Å². The largest absolute Gasteiger partial charge is 0.343 e. The van der Waals surface area contributed by atoms with Crippen LogP contribution in [-0.4, -0.2) is 31.6 Å². The molecule has 2 aromatic heterocycles. The molecule has 7 nitrogen and oxygen atoms in total. The monoisotopic (exact) mass is 330 g/mol. The van der Waals surface area contributed by atoms with Crippen LogP contribution in [0.15, 0.2) is 26.6 Å². The molecule has 0 unspecified atom stereocenters. The lowest BCUT2D eigenvalue weighted by Gasteiger charge is -2.02. The maximum Gasteiger partial charge on any atom is 0.250 e. The van der Waals surface area contributed by atoms with E-state index in [2.05, 4.69) is 31.6 Å². The molecule has 0 atom stereocenters. The van der Waals surface area contributed by atoms with E-state index >= 15 is 0 Å². The zero-order valence-electron chi connectivity index (χ0n) is 11.7. The van der Waals surface area contributed by atoms with E-state index in [-0.39, 0.29) is 6.54 Å². The average molecular weight is 330 g/mol. The van der Waals surface area contributed by atoms with Crippen molar-refractivity contribution >= 4 is 21.4 Å². The minimum Gasteiger partial charge on any atom is -0.343 e. The molecule has 0 spiro atoms. The second-order valence-electron chi connectivity index (χ2n) is 4.45. The van der Waals surface area contributed by atoms with Gasteiger partial charge >= 0.3 is 0 Å². The molecule has 0 bridgehead atoms. The van der Waals surface area contributed by atoms with Crippen LogP contribution < -0.4 is 10.0 Å². The average Bonchev–Trinajstić information content (AvgIpc) is 3.10. The van der Waals surface area contributed by atoms with E-state index in [1.54, 1.807) is 6.07 Å². The minimum atomic E-state index is -3.47. The van der Waals surface area contributed by atoms with E-state index in [9.17, 15) is 8.42 Å². The van der Waals surface area contributed by atoms with Crippen LogP contribution in [0.2, 0.25) is 0 Å². The standard InChI is InChI=1S/C12H18N4O3S2/c1-2-4-13-7-10-6-12(20-8-10)21(17,18)15-5-3-11-14-9-19-16-11/h6,8-9,13,15H,2-5,7H2,1H3. The fraction of sp³-hybridized carbons (Fsp3) is 0.500. The summed E-state index contributed by atoms with van der Waals surface area (Å²) in [6.45, 7) is 3.93. The summed E-state index contributed by atoms with van der Waals surface area (Å²) in [6.07, 6.45) is 2.66. The van der Waals surface area contributed by atoms with Crippen molar-refractivity contribution in [3.8, 4) is 0 Å². The highest BCUT2D eigenvalue weighted by atomic mass is 32.2. The van der Waals surface area contributed by atoms with E-state index in [1.165, 1.54) is 17.7 Å². The Morgan fingerprint density at radius 3 is 2.95 bits per heavy atom. The van der Waals surface area contributed by atoms with Crippen molar-refractivity contribution in [3.63, 3.8) is 0 Å². The number of aromatic nitrogens is 2. The summed E-state index contributed by atoms with van der Waals surface area (Å²) in [5.41, 5.74) is 0.979. The van der Waals surface area contributed by atoms with Crippen molar-refractivity contribution in [1.29, 1.82) is 0 Å². The molecule has 2 aromatic rings. The van der Waals surface area contributed by atoms with Crippen molar-refractivity contribution in [2.24, 2.45) is 0 Å². The maximum atomic E-state index is 12.1. The summed E-state index contributed by atoms with van der Waals surface area (Å²) in [6, 6.07) is 1.70. The molecule has 2 rings (SSSR count). The molecule has 2 heterocycles. The molecule has 2 N–H and O–H groups in total. The number of rotatable bonds is 9. The van der Waals surface area contributed by atoms with E-state index in [4.69, 9.17) is 0 Å². The van der Waals surface area contributed by atoms with Crippen LogP contribution >= 0.6 is 11.3 Å². The molecule has 0 aliphatic heterocycles. The molecule has 9 heteroatoms. The van der Waals surface area contributed by atoms with Gasteiger partial charge in [-0.05, 0) is 30.0 Å². The number of sulfonamides is 1. The topological polar surface area (TPSA) is 97.1 Å². The second kappa shape index (κ2) is 7.64. The summed E-state index contributed by atoms with van der Waals surface area (Å²) in [7, 11) is -3.47. The van der Waals surface area contributed by atoms with Gasteiger partial charge in [0.25, 0.3) is 0 Å². The third-order valence-electron chi connectivity index (χ3n) is 2.70. The van der Waals surface area contributed by atoms with Gasteiger partial charge in [0.05, 0.1) is 0 Å². The predicted molar refractivity (Wildman–Crippen MR) is 79.5 cm³/mol. The minimum absolute atomic E-state index is 0.239. The first-order valence-corrected chi connectivity index (χ1v) is 9.01. The normalized spacial score (nSPS) is 11.9. The maximum absolute atomic E-state index is 12.1. The van der Waals surface area contributed by atoms with Gasteiger partial charge in [0.1, 0.15) is 4.21 Å². The highest BCUT2D eigenvalue weighted by molar-refractivity contribution is 7.91. The summed E-state index contributed by atoms with van der Waals surface area (Å²) in [5, 5.41) is 8.73. The van der Waals surface area contributed by atoms with E-state index < -0.39 is 10.0 Å². The van der Waals surface area contributed by atoms with Crippen LogP contribution in [0.4, 0.5) is 0 Å². The predicted octanol–water partition coefficient (Wildman–Crippen LogP) is 1.15. The first-order valence-electron chi connectivity index (χ1n) is 6.65. The summed E-state index contributed by atoms with van der Waals surface area (Å²) >= 11 is 1.22. The van der Waals surface area contributed by atoms with Gasteiger partial charge in [0.2, 0.25) is 16.4 Å². The van der Waals surface area contributed by atoms with Gasteiger partial charge in [-0.2, -0.15) is 4.98 Å². The molecule has 0 saturated carbocycles. The molecule has 0 aliphatic rings. The molecule has 21 heavy (non-hydrogen) atoms. The lowest BCUT2D eigenvalue weighted by Crippen LogP contribution is -2.25. The third-order valence-corrected chi connectivity index (χ3v) is 5.65. The number of hydrogen-bond acceptors (Lipinski definition) is 7. The number of nitrogens with one attached hydrogen (secondary N) is 2. The Hall–Kier alpha value is -1.29. The highest BCUT2D eigenvalue weighted by Gasteiger charge is 2.16. The van der Waals surface area contributed by atoms with E-state index in [0.717, 1.165) is 18.5 Å². The Labute approximate surface area is 127 Å². The second-order valence-corrected chi connectivity index (χ2v) is 7.35. The Morgan fingerprint density at radius 1 is 1.38 bits per heavy atom. The molecule has 0 aliphatic carbocycles.